The Kier molecular flexibility index (Phi) is 4.97. The first-order chi connectivity index (χ1) is 8.04. The smallest absolute Gasteiger partial charge is 0.314 e. The number of likely N-dealkylation sites (N-methyl/N-ethyl adjacent to an activating group) is 1. The van der Waals surface area contributed by atoms with Gasteiger partial charge in [0.25, 0.3) is 0 Å². The molecule has 94 valence electrons. The summed E-state index contributed by atoms with van der Waals surface area (Å²) in [6, 6.07) is 6.66. The molecular formula is C13H19NO3. The molecule has 1 aromatic rings. The number of nitrogens with zero attached hydrogens (tertiary/aromatic N) is 1. The van der Waals surface area contributed by atoms with Gasteiger partial charge in [-0.2, -0.15) is 0 Å². The van der Waals surface area contributed by atoms with Crippen molar-refractivity contribution in [1.82, 2.24) is 4.90 Å². The minimum atomic E-state index is -0.314. The molecule has 0 unspecified atom stereocenters. The minimum absolute atomic E-state index is 0.196. The number of rotatable bonds is 5. The van der Waals surface area contributed by atoms with Crippen molar-refractivity contribution in [3.8, 4) is 5.75 Å². The van der Waals surface area contributed by atoms with Crippen LogP contribution in [0, 0.1) is 0 Å². The molecule has 0 spiro atoms. The average molecular weight is 237 g/mol. The predicted octanol–water partition coefficient (Wildman–Crippen LogP) is 1.60. The molecule has 1 atom stereocenters. The van der Waals surface area contributed by atoms with E-state index in [9.17, 15) is 9.90 Å². The number of phenols is 1. The highest BCUT2D eigenvalue weighted by atomic mass is 16.5. The number of aromatic hydroxyl groups is 1. The molecule has 0 aliphatic heterocycles. The number of benzene rings is 1. The van der Waals surface area contributed by atoms with Crippen LogP contribution in [0.3, 0.4) is 0 Å². The molecule has 0 fully saturated rings. The van der Waals surface area contributed by atoms with Crippen molar-refractivity contribution in [3.63, 3.8) is 0 Å². The maximum atomic E-state index is 11.9. The first-order valence-corrected chi connectivity index (χ1v) is 5.65. The van der Waals surface area contributed by atoms with Crippen molar-refractivity contribution in [2.24, 2.45) is 0 Å². The van der Waals surface area contributed by atoms with Crippen molar-refractivity contribution in [1.29, 1.82) is 0 Å². The molecular weight excluding hydrogens is 218 g/mol. The summed E-state index contributed by atoms with van der Waals surface area (Å²) in [5.41, 5.74) is 0.856. The molecule has 1 rings (SSSR count). The van der Waals surface area contributed by atoms with E-state index in [4.69, 9.17) is 4.74 Å². The Morgan fingerprint density at radius 1 is 1.35 bits per heavy atom. The van der Waals surface area contributed by atoms with Crippen LogP contribution in [0.25, 0.3) is 0 Å². The quantitative estimate of drug-likeness (QED) is 0.790. The van der Waals surface area contributed by atoms with Gasteiger partial charge in [-0.3, -0.25) is 4.79 Å². The molecule has 0 amide bonds. The van der Waals surface area contributed by atoms with Crippen LogP contribution >= 0.6 is 0 Å². The zero-order valence-corrected chi connectivity index (χ0v) is 10.5. The first-order valence-electron chi connectivity index (χ1n) is 5.65. The van der Waals surface area contributed by atoms with Crippen molar-refractivity contribution in [2.75, 3.05) is 27.2 Å². The third-order valence-corrected chi connectivity index (χ3v) is 2.41. The fourth-order valence-electron chi connectivity index (χ4n) is 1.63. The standard InChI is InChI=1S/C13H19NO3/c1-4-17-13(16)12(9-14(2)3)10-5-7-11(15)8-6-10/h5-8,12,15H,4,9H2,1-3H3/t12-/m0/s1. The van der Waals surface area contributed by atoms with E-state index in [1.165, 1.54) is 0 Å². The van der Waals surface area contributed by atoms with E-state index in [1.807, 2.05) is 19.0 Å². The van der Waals surface area contributed by atoms with Gasteiger partial charge in [0.05, 0.1) is 12.5 Å². The van der Waals surface area contributed by atoms with Gasteiger partial charge in [-0.05, 0) is 38.7 Å². The Hall–Kier alpha value is -1.55. The van der Waals surface area contributed by atoms with Crippen LogP contribution in [0.1, 0.15) is 18.4 Å². The highest BCUT2D eigenvalue weighted by molar-refractivity contribution is 5.78. The van der Waals surface area contributed by atoms with Crippen molar-refractivity contribution < 1.29 is 14.6 Å². The van der Waals surface area contributed by atoms with E-state index < -0.39 is 0 Å². The van der Waals surface area contributed by atoms with Gasteiger partial charge in [-0.25, -0.2) is 0 Å². The second-order valence-electron chi connectivity index (χ2n) is 4.16. The Labute approximate surface area is 102 Å². The van der Waals surface area contributed by atoms with Gasteiger partial charge in [0.1, 0.15) is 5.75 Å². The fraction of sp³-hybridized carbons (Fsp3) is 0.462. The van der Waals surface area contributed by atoms with Crippen LogP contribution in [0.5, 0.6) is 5.75 Å². The monoisotopic (exact) mass is 237 g/mol. The average Bonchev–Trinajstić information content (AvgIpc) is 2.27. The van der Waals surface area contributed by atoms with Crippen molar-refractivity contribution >= 4 is 5.97 Å². The third-order valence-electron chi connectivity index (χ3n) is 2.41. The summed E-state index contributed by atoms with van der Waals surface area (Å²) in [6.07, 6.45) is 0. The second-order valence-corrected chi connectivity index (χ2v) is 4.16. The molecule has 0 saturated heterocycles. The van der Waals surface area contributed by atoms with Crippen LogP contribution in [-0.4, -0.2) is 43.2 Å². The molecule has 0 radical (unpaired) electrons. The van der Waals surface area contributed by atoms with Crippen molar-refractivity contribution in [2.45, 2.75) is 12.8 Å². The minimum Gasteiger partial charge on any atom is -0.508 e. The van der Waals surface area contributed by atoms with Gasteiger partial charge in [-0.1, -0.05) is 12.1 Å². The lowest BCUT2D eigenvalue weighted by Crippen LogP contribution is -2.27. The molecule has 0 aliphatic carbocycles. The van der Waals surface area contributed by atoms with E-state index in [2.05, 4.69) is 0 Å². The summed E-state index contributed by atoms with van der Waals surface area (Å²) in [5.74, 6) is -0.348. The topological polar surface area (TPSA) is 49.8 Å². The molecule has 0 aliphatic rings. The lowest BCUT2D eigenvalue weighted by molar-refractivity contribution is -0.145. The predicted molar refractivity (Wildman–Crippen MR) is 66.0 cm³/mol. The SMILES string of the molecule is CCOC(=O)[C@@H](CN(C)C)c1ccc(O)cc1. The summed E-state index contributed by atoms with van der Waals surface area (Å²) in [5, 5.41) is 9.24. The van der Waals surface area contributed by atoms with Crippen LogP contribution in [0.4, 0.5) is 0 Å². The maximum Gasteiger partial charge on any atom is 0.314 e. The number of phenolic OH excluding ortho intramolecular Hbond substituents is 1. The first kappa shape index (κ1) is 13.5. The highest BCUT2D eigenvalue weighted by Crippen LogP contribution is 2.21. The molecule has 4 nitrogen and oxygen atoms in total. The van der Waals surface area contributed by atoms with Gasteiger partial charge in [0.15, 0.2) is 0 Å². The molecule has 0 aromatic heterocycles. The Morgan fingerprint density at radius 2 is 1.94 bits per heavy atom. The van der Waals surface area contributed by atoms with E-state index in [-0.39, 0.29) is 17.6 Å². The molecule has 1 N–H and O–H groups in total. The van der Waals surface area contributed by atoms with E-state index >= 15 is 0 Å². The van der Waals surface area contributed by atoms with Gasteiger partial charge in [-0.15, -0.1) is 0 Å². The summed E-state index contributed by atoms with van der Waals surface area (Å²) in [7, 11) is 3.82. The molecule has 17 heavy (non-hydrogen) atoms. The number of carbonyl (C=O) groups is 1. The fourth-order valence-corrected chi connectivity index (χ4v) is 1.63. The van der Waals surface area contributed by atoms with E-state index in [0.717, 1.165) is 5.56 Å². The Bertz CT molecular complexity index is 359. The van der Waals surface area contributed by atoms with Crippen LogP contribution in [0.2, 0.25) is 0 Å². The number of hydrogen-bond acceptors (Lipinski definition) is 4. The molecule has 0 bridgehead atoms. The second kappa shape index (κ2) is 6.25. The van der Waals surface area contributed by atoms with Gasteiger partial charge in [0.2, 0.25) is 0 Å². The summed E-state index contributed by atoms with van der Waals surface area (Å²) >= 11 is 0. The van der Waals surface area contributed by atoms with E-state index in [1.54, 1.807) is 31.2 Å². The maximum absolute atomic E-state index is 11.9. The van der Waals surface area contributed by atoms with Crippen LogP contribution in [-0.2, 0) is 9.53 Å². The largest absolute Gasteiger partial charge is 0.508 e. The molecule has 0 heterocycles. The summed E-state index contributed by atoms with van der Waals surface area (Å²) in [4.78, 5) is 13.8. The normalized spacial score (nSPS) is 12.5. The van der Waals surface area contributed by atoms with Crippen LogP contribution < -0.4 is 0 Å². The number of ether oxygens (including phenoxy) is 1. The Morgan fingerprint density at radius 3 is 2.41 bits per heavy atom. The number of hydrogen-bond donors (Lipinski definition) is 1. The lowest BCUT2D eigenvalue weighted by atomic mass is 9.98. The molecule has 1 aromatic carbocycles. The van der Waals surface area contributed by atoms with Crippen LogP contribution in [0.15, 0.2) is 24.3 Å². The van der Waals surface area contributed by atoms with E-state index in [0.29, 0.717) is 13.2 Å². The third kappa shape index (κ3) is 4.07. The number of esters is 1. The zero-order valence-electron chi connectivity index (χ0n) is 10.5. The Balaban J connectivity index is 2.89. The molecule has 4 heteroatoms. The van der Waals surface area contributed by atoms with Crippen molar-refractivity contribution in [3.05, 3.63) is 29.8 Å². The lowest BCUT2D eigenvalue weighted by Gasteiger charge is -2.19. The highest BCUT2D eigenvalue weighted by Gasteiger charge is 2.22. The molecule has 0 saturated carbocycles. The number of carbonyl (C=O) groups excluding carboxylic acids is 1. The summed E-state index contributed by atoms with van der Waals surface area (Å²) < 4.78 is 5.06. The van der Waals surface area contributed by atoms with Gasteiger partial charge in [0, 0.05) is 6.54 Å². The van der Waals surface area contributed by atoms with Gasteiger partial charge < -0.3 is 14.7 Å². The summed E-state index contributed by atoms with van der Waals surface area (Å²) in [6.45, 7) is 2.76. The van der Waals surface area contributed by atoms with Gasteiger partial charge >= 0.3 is 5.97 Å². The zero-order chi connectivity index (χ0) is 12.8.